The van der Waals surface area contributed by atoms with Crippen molar-refractivity contribution < 1.29 is 13.5 Å². The molecule has 90 valence electrons. The minimum atomic E-state index is -3.86. The van der Waals surface area contributed by atoms with Crippen LogP contribution in [0.2, 0.25) is 5.02 Å². The van der Waals surface area contributed by atoms with Crippen LogP contribution in [0.5, 0.6) is 5.75 Å². The molecule has 0 bridgehead atoms. The lowest BCUT2D eigenvalue weighted by Crippen LogP contribution is -2.30. The molecule has 0 spiro atoms. The molecule has 0 atom stereocenters. The minimum Gasteiger partial charge on any atom is -0.504 e. The van der Waals surface area contributed by atoms with E-state index in [4.69, 9.17) is 17.3 Å². The number of phenolic OH excluding ortho intramolecular Hbond substituents is 1. The predicted octanol–water partition coefficient (Wildman–Crippen LogP) is 1.31. The zero-order valence-corrected chi connectivity index (χ0v) is 10.4. The van der Waals surface area contributed by atoms with E-state index in [0.29, 0.717) is 0 Å². The Bertz CT molecular complexity index is 500. The third kappa shape index (κ3) is 2.58. The van der Waals surface area contributed by atoms with Gasteiger partial charge >= 0.3 is 0 Å². The fourth-order valence-electron chi connectivity index (χ4n) is 1.19. The van der Waals surface area contributed by atoms with E-state index in [1.807, 2.05) is 0 Å². The van der Waals surface area contributed by atoms with Gasteiger partial charge in [-0.05, 0) is 26.0 Å². The van der Waals surface area contributed by atoms with E-state index >= 15 is 0 Å². The Balaban J connectivity index is 3.38. The zero-order valence-electron chi connectivity index (χ0n) is 8.86. The highest BCUT2D eigenvalue weighted by Crippen LogP contribution is 2.34. The van der Waals surface area contributed by atoms with Crippen LogP contribution in [0.15, 0.2) is 17.0 Å². The number of aromatic hydroxyl groups is 1. The van der Waals surface area contributed by atoms with Crippen molar-refractivity contribution in [2.45, 2.75) is 24.8 Å². The van der Waals surface area contributed by atoms with Gasteiger partial charge in [0.2, 0.25) is 10.0 Å². The van der Waals surface area contributed by atoms with Crippen LogP contribution in [0.4, 0.5) is 5.69 Å². The molecule has 0 aliphatic carbocycles. The van der Waals surface area contributed by atoms with Gasteiger partial charge in [0.1, 0.15) is 4.90 Å². The maximum absolute atomic E-state index is 11.8. The Hall–Kier alpha value is -0.980. The predicted molar refractivity (Wildman–Crippen MR) is 63.0 cm³/mol. The second-order valence-electron chi connectivity index (χ2n) is 3.59. The first-order valence-electron chi connectivity index (χ1n) is 4.55. The lowest BCUT2D eigenvalue weighted by atomic mass is 10.3. The van der Waals surface area contributed by atoms with Crippen LogP contribution in [0.25, 0.3) is 0 Å². The van der Waals surface area contributed by atoms with Crippen molar-refractivity contribution in [1.29, 1.82) is 0 Å². The first-order chi connectivity index (χ1) is 7.25. The molecule has 5 nitrogen and oxygen atoms in total. The zero-order chi connectivity index (χ0) is 12.5. The number of halogens is 1. The van der Waals surface area contributed by atoms with Crippen LogP contribution in [0.3, 0.4) is 0 Å². The van der Waals surface area contributed by atoms with Crippen molar-refractivity contribution >= 4 is 27.3 Å². The quantitative estimate of drug-likeness (QED) is 0.567. The molecule has 0 unspecified atom stereocenters. The molecule has 0 aliphatic rings. The molecule has 0 aromatic heterocycles. The molecule has 1 aromatic carbocycles. The molecule has 4 N–H and O–H groups in total. The van der Waals surface area contributed by atoms with Gasteiger partial charge in [-0.25, -0.2) is 13.1 Å². The maximum atomic E-state index is 11.8. The van der Waals surface area contributed by atoms with Gasteiger partial charge in [0.15, 0.2) is 5.75 Å². The second kappa shape index (κ2) is 4.48. The summed E-state index contributed by atoms with van der Waals surface area (Å²) in [6.07, 6.45) is 0. The van der Waals surface area contributed by atoms with Crippen LogP contribution in [-0.2, 0) is 10.0 Å². The van der Waals surface area contributed by atoms with Crippen LogP contribution in [0.1, 0.15) is 13.8 Å². The molecule has 7 heteroatoms. The van der Waals surface area contributed by atoms with E-state index in [2.05, 4.69) is 4.72 Å². The average molecular weight is 265 g/mol. The van der Waals surface area contributed by atoms with Crippen molar-refractivity contribution in [3.05, 3.63) is 17.2 Å². The number of nitrogen functional groups attached to an aromatic ring is 1. The summed E-state index contributed by atoms with van der Waals surface area (Å²) < 4.78 is 26.0. The Labute approximate surface area is 99.3 Å². The summed E-state index contributed by atoms with van der Waals surface area (Å²) >= 11 is 5.73. The lowest BCUT2D eigenvalue weighted by Gasteiger charge is -2.13. The highest BCUT2D eigenvalue weighted by molar-refractivity contribution is 7.89. The van der Waals surface area contributed by atoms with Crippen molar-refractivity contribution in [3.8, 4) is 5.75 Å². The van der Waals surface area contributed by atoms with Gasteiger partial charge < -0.3 is 10.8 Å². The summed E-state index contributed by atoms with van der Waals surface area (Å²) in [5, 5.41) is 9.53. The fourth-order valence-corrected chi connectivity index (χ4v) is 3.08. The van der Waals surface area contributed by atoms with Crippen molar-refractivity contribution in [2.75, 3.05) is 5.73 Å². The van der Waals surface area contributed by atoms with Gasteiger partial charge in [0, 0.05) is 6.04 Å². The molecule has 0 heterocycles. The summed E-state index contributed by atoms with van der Waals surface area (Å²) in [6, 6.07) is 2.36. The molecule has 1 aromatic rings. The Morgan fingerprint density at radius 1 is 1.44 bits per heavy atom. The van der Waals surface area contributed by atoms with Crippen molar-refractivity contribution in [1.82, 2.24) is 4.72 Å². The van der Waals surface area contributed by atoms with Crippen LogP contribution in [0, 0.1) is 0 Å². The Morgan fingerprint density at radius 3 is 2.50 bits per heavy atom. The summed E-state index contributed by atoms with van der Waals surface area (Å²) in [5.41, 5.74) is 5.38. The van der Waals surface area contributed by atoms with Gasteiger partial charge in [0.25, 0.3) is 0 Å². The van der Waals surface area contributed by atoms with Gasteiger partial charge in [-0.2, -0.15) is 0 Å². The molecule has 0 amide bonds. The number of sulfonamides is 1. The van der Waals surface area contributed by atoms with Crippen molar-refractivity contribution in [2.24, 2.45) is 0 Å². The van der Waals surface area contributed by atoms with Gasteiger partial charge in [-0.15, -0.1) is 0 Å². The monoisotopic (exact) mass is 264 g/mol. The summed E-state index contributed by atoms with van der Waals surface area (Å²) in [7, 11) is -3.86. The Kier molecular flexibility index (Phi) is 3.67. The highest BCUT2D eigenvalue weighted by atomic mass is 35.5. The van der Waals surface area contributed by atoms with E-state index < -0.39 is 15.8 Å². The summed E-state index contributed by atoms with van der Waals surface area (Å²) in [5.74, 6) is -0.527. The molecule has 1 rings (SSSR count). The third-order valence-electron chi connectivity index (χ3n) is 1.77. The Morgan fingerprint density at radius 2 is 2.00 bits per heavy atom. The fraction of sp³-hybridized carbons (Fsp3) is 0.333. The maximum Gasteiger partial charge on any atom is 0.246 e. The van der Waals surface area contributed by atoms with E-state index in [1.165, 1.54) is 12.1 Å². The number of benzene rings is 1. The minimum absolute atomic E-state index is 0.0338. The summed E-state index contributed by atoms with van der Waals surface area (Å²) in [4.78, 5) is -0.386. The summed E-state index contributed by atoms with van der Waals surface area (Å²) in [6.45, 7) is 3.32. The topological polar surface area (TPSA) is 92.4 Å². The average Bonchev–Trinajstić information content (AvgIpc) is 2.09. The molecule has 0 aliphatic heterocycles. The molecule has 0 fully saturated rings. The smallest absolute Gasteiger partial charge is 0.246 e. The normalized spacial score (nSPS) is 12.0. The number of nitrogens with two attached hydrogens (primary N) is 1. The first-order valence-corrected chi connectivity index (χ1v) is 6.41. The first kappa shape index (κ1) is 13.1. The van der Waals surface area contributed by atoms with Crippen LogP contribution >= 0.6 is 11.6 Å². The van der Waals surface area contributed by atoms with E-state index in [1.54, 1.807) is 13.8 Å². The second-order valence-corrected chi connectivity index (χ2v) is 5.65. The van der Waals surface area contributed by atoms with Crippen LogP contribution < -0.4 is 10.5 Å². The van der Waals surface area contributed by atoms with E-state index in [-0.39, 0.29) is 21.6 Å². The number of nitrogens with one attached hydrogen (secondary N) is 1. The van der Waals surface area contributed by atoms with E-state index in [9.17, 15) is 13.5 Å². The third-order valence-corrected chi connectivity index (χ3v) is 3.93. The SMILES string of the molecule is CC(C)NS(=O)(=O)c1c(Cl)ccc(N)c1O. The standard InChI is InChI=1S/C9H13ClN2O3S/c1-5(2)12-16(14,15)9-6(10)3-4-7(11)8(9)13/h3-5,12-13H,11H2,1-2H3. The lowest BCUT2D eigenvalue weighted by molar-refractivity contribution is 0.460. The van der Waals surface area contributed by atoms with Crippen molar-refractivity contribution in [3.63, 3.8) is 0 Å². The van der Waals surface area contributed by atoms with Crippen LogP contribution in [-0.4, -0.2) is 19.6 Å². The molecular weight excluding hydrogens is 252 g/mol. The number of hydrogen-bond donors (Lipinski definition) is 3. The number of rotatable bonds is 3. The number of hydrogen-bond acceptors (Lipinski definition) is 4. The largest absolute Gasteiger partial charge is 0.504 e. The van der Waals surface area contributed by atoms with E-state index in [0.717, 1.165) is 0 Å². The number of phenols is 1. The highest BCUT2D eigenvalue weighted by Gasteiger charge is 2.24. The van der Waals surface area contributed by atoms with Gasteiger partial charge in [0.05, 0.1) is 10.7 Å². The molecule has 16 heavy (non-hydrogen) atoms. The van der Waals surface area contributed by atoms with Gasteiger partial charge in [-0.1, -0.05) is 11.6 Å². The molecule has 0 saturated heterocycles. The molecule has 0 radical (unpaired) electrons. The number of anilines is 1. The molecule has 0 saturated carbocycles. The van der Waals surface area contributed by atoms with Gasteiger partial charge in [-0.3, -0.25) is 0 Å². The molecular formula is C9H13ClN2O3S.